The van der Waals surface area contributed by atoms with E-state index < -0.39 is 0 Å². The van der Waals surface area contributed by atoms with Gasteiger partial charge in [-0.2, -0.15) is 0 Å². The van der Waals surface area contributed by atoms with E-state index in [2.05, 4.69) is 18.7 Å². The molecular weight excluding hydrogens is 152 g/mol. The number of nitrogens with two attached hydrogens (primary N) is 1. The first-order chi connectivity index (χ1) is 5.54. The fourth-order valence-corrected chi connectivity index (χ4v) is 1.88. The Hall–Kier alpha value is -0.120. The van der Waals surface area contributed by atoms with Crippen LogP contribution in [0.25, 0.3) is 0 Å². The van der Waals surface area contributed by atoms with E-state index in [1.807, 2.05) is 14.1 Å². The molecule has 74 valence electrons. The number of hydrogen-bond donors (Lipinski definition) is 2. The molecule has 2 atom stereocenters. The summed E-state index contributed by atoms with van der Waals surface area (Å²) in [5, 5.41) is 9.09. The van der Waals surface area contributed by atoms with Crippen LogP contribution in [0.1, 0.15) is 13.8 Å². The molecule has 0 saturated heterocycles. The first-order valence-electron chi connectivity index (χ1n) is 4.51. The second-order valence-electron chi connectivity index (χ2n) is 3.88. The molecule has 0 amide bonds. The van der Waals surface area contributed by atoms with Gasteiger partial charge in [-0.1, -0.05) is 13.8 Å². The van der Waals surface area contributed by atoms with Crippen LogP contribution in [-0.2, 0) is 0 Å². The van der Waals surface area contributed by atoms with Crippen molar-refractivity contribution in [2.45, 2.75) is 19.9 Å². The van der Waals surface area contributed by atoms with E-state index in [9.17, 15) is 0 Å². The first-order valence-corrected chi connectivity index (χ1v) is 4.51. The number of aliphatic hydroxyl groups is 1. The van der Waals surface area contributed by atoms with Gasteiger partial charge in [0.15, 0.2) is 0 Å². The molecule has 0 aromatic carbocycles. The van der Waals surface area contributed by atoms with Crippen LogP contribution in [0.4, 0.5) is 0 Å². The van der Waals surface area contributed by atoms with Crippen molar-refractivity contribution in [2.24, 2.45) is 17.6 Å². The molecule has 3 nitrogen and oxygen atoms in total. The molecule has 0 aliphatic rings. The summed E-state index contributed by atoms with van der Waals surface area (Å²) in [7, 11) is 4.06. The Morgan fingerprint density at radius 3 is 1.92 bits per heavy atom. The third-order valence-electron chi connectivity index (χ3n) is 2.30. The Morgan fingerprint density at radius 2 is 1.83 bits per heavy atom. The molecule has 0 saturated carbocycles. The minimum Gasteiger partial charge on any atom is -0.396 e. The molecule has 0 rings (SSSR count). The van der Waals surface area contributed by atoms with Gasteiger partial charge in [-0.25, -0.2) is 0 Å². The molecule has 0 unspecified atom stereocenters. The highest BCUT2D eigenvalue weighted by molar-refractivity contribution is 4.79. The molecule has 12 heavy (non-hydrogen) atoms. The monoisotopic (exact) mass is 174 g/mol. The lowest BCUT2D eigenvalue weighted by atomic mass is 9.90. The van der Waals surface area contributed by atoms with Crippen molar-refractivity contribution < 1.29 is 5.11 Å². The van der Waals surface area contributed by atoms with E-state index in [4.69, 9.17) is 10.8 Å². The van der Waals surface area contributed by atoms with E-state index in [0.717, 1.165) is 0 Å². The van der Waals surface area contributed by atoms with E-state index in [1.54, 1.807) is 0 Å². The summed E-state index contributed by atoms with van der Waals surface area (Å²) in [6.45, 7) is 5.04. The zero-order chi connectivity index (χ0) is 9.72. The van der Waals surface area contributed by atoms with Gasteiger partial charge in [0.1, 0.15) is 0 Å². The Morgan fingerprint density at radius 1 is 1.33 bits per heavy atom. The average Bonchev–Trinajstić information content (AvgIpc) is 1.98. The molecule has 0 aromatic heterocycles. The van der Waals surface area contributed by atoms with Gasteiger partial charge >= 0.3 is 0 Å². The fraction of sp³-hybridized carbons (Fsp3) is 1.00. The van der Waals surface area contributed by atoms with E-state index >= 15 is 0 Å². The summed E-state index contributed by atoms with van der Waals surface area (Å²) in [5.74, 6) is 0.723. The maximum atomic E-state index is 9.09. The average molecular weight is 174 g/mol. The lowest BCUT2D eigenvalue weighted by Crippen LogP contribution is -2.44. The van der Waals surface area contributed by atoms with Crippen LogP contribution in [-0.4, -0.2) is 43.3 Å². The normalized spacial score (nSPS) is 17.0. The molecule has 0 aliphatic carbocycles. The minimum absolute atomic E-state index is 0.178. The van der Waals surface area contributed by atoms with Gasteiger partial charge in [0.2, 0.25) is 0 Å². The van der Waals surface area contributed by atoms with Crippen molar-refractivity contribution in [3.05, 3.63) is 0 Å². The van der Waals surface area contributed by atoms with Gasteiger partial charge in [-0.15, -0.1) is 0 Å². The van der Waals surface area contributed by atoms with Gasteiger partial charge in [0, 0.05) is 18.6 Å². The molecule has 3 heteroatoms. The second kappa shape index (κ2) is 5.51. The van der Waals surface area contributed by atoms with Crippen molar-refractivity contribution in [3.63, 3.8) is 0 Å². The van der Waals surface area contributed by atoms with Gasteiger partial charge in [-0.3, -0.25) is 0 Å². The smallest absolute Gasteiger partial charge is 0.0486 e. The van der Waals surface area contributed by atoms with Crippen molar-refractivity contribution in [3.8, 4) is 0 Å². The third-order valence-corrected chi connectivity index (χ3v) is 2.30. The zero-order valence-electron chi connectivity index (χ0n) is 8.62. The van der Waals surface area contributed by atoms with Crippen molar-refractivity contribution in [2.75, 3.05) is 27.2 Å². The predicted molar refractivity (Wildman–Crippen MR) is 51.9 cm³/mol. The quantitative estimate of drug-likeness (QED) is 0.623. The van der Waals surface area contributed by atoms with Crippen molar-refractivity contribution in [1.29, 1.82) is 0 Å². The Bertz CT molecular complexity index is 103. The van der Waals surface area contributed by atoms with Crippen LogP contribution in [0, 0.1) is 11.8 Å². The number of aliphatic hydroxyl groups excluding tert-OH is 1. The van der Waals surface area contributed by atoms with Crippen LogP contribution in [0.15, 0.2) is 0 Å². The lowest BCUT2D eigenvalue weighted by molar-refractivity contribution is 0.107. The molecule has 0 spiro atoms. The minimum atomic E-state index is 0.178. The molecule has 0 heterocycles. The van der Waals surface area contributed by atoms with Crippen LogP contribution in [0.2, 0.25) is 0 Å². The third kappa shape index (κ3) is 3.09. The molecule has 0 fully saturated rings. The highest BCUT2D eigenvalue weighted by Crippen LogP contribution is 2.16. The summed E-state index contributed by atoms with van der Waals surface area (Å²) in [6, 6.07) is 0.375. The summed E-state index contributed by atoms with van der Waals surface area (Å²) >= 11 is 0. The van der Waals surface area contributed by atoms with Gasteiger partial charge in [-0.05, 0) is 26.6 Å². The molecule has 0 aromatic rings. The molecule has 0 radical (unpaired) electrons. The number of hydrogen-bond acceptors (Lipinski definition) is 3. The summed E-state index contributed by atoms with van der Waals surface area (Å²) in [4.78, 5) is 2.14. The summed E-state index contributed by atoms with van der Waals surface area (Å²) in [6.07, 6.45) is 0. The maximum absolute atomic E-state index is 9.09. The standard InChI is InChI=1S/C9H22N2O/c1-7(2)9(11(3)4)8(5-10)6-12/h7-9,12H,5-6,10H2,1-4H3/t8-,9+/m1/s1. The van der Waals surface area contributed by atoms with Crippen LogP contribution in [0.3, 0.4) is 0 Å². The SMILES string of the molecule is CC(C)[C@@H]([C@H](CN)CO)N(C)C. The van der Waals surface area contributed by atoms with E-state index in [0.29, 0.717) is 18.5 Å². The highest BCUT2D eigenvalue weighted by Gasteiger charge is 2.24. The number of nitrogens with zero attached hydrogens (tertiary/aromatic N) is 1. The molecule has 0 bridgehead atoms. The van der Waals surface area contributed by atoms with E-state index in [-0.39, 0.29) is 12.5 Å². The van der Waals surface area contributed by atoms with Crippen LogP contribution < -0.4 is 5.73 Å². The van der Waals surface area contributed by atoms with Crippen LogP contribution >= 0.6 is 0 Å². The van der Waals surface area contributed by atoms with Gasteiger partial charge < -0.3 is 15.7 Å². The Balaban J connectivity index is 4.26. The summed E-state index contributed by atoms with van der Waals surface area (Å²) in [5.41, 5.74) is 5.57. The Labute approximate surface area is 75.6 Å². The lowest BCUT2D eigenvalue weighted by Gasteiger charge is -2.33. The van der Waals surface area contributed by atoms with Gasteiger partial charge in [0.05, 0.1) is 0 Å². The molecule has 0 aliphatic heterocycles. The van der Waals surface area contributed by atoms with Crippen molar-refractivity contribution >= 4 is 0 Å². The first kappa shape index (κ1) is 11.9. The molecular formula is C9H22N2O. The fourth-order valence-electron chi connectivity index (χ4n) is 1.88. The maximum Gasteiger partial charge on any atom is 0.0486 e. The largest absolute Gasteiger partial charge is 0.396 e. The molecule has 3 N–H and O–H groups in total. The zero-order valence-corrected chi connectivity index (χ0v) is 8.62. The van der Waals surface area contributed by atoms with E-state index in [1.165, 1.54) is 0 Å². The van der Waals surface area contributed by atoms with Crippen LogP contribution in [0.5, 0.6) is 0 Å². The van der Waals surface area contributed by atoms with Gasteiger partial charge in [0.25, 0.3) is 0 Å². The topological polar surface area (TPSA) is 49.5 Å². The van der Waals surface area contributed by atoms with Crippen molar-refractivity contribution in [1.82, 2.24) is 4.90 Å². The highest BCUT2D eigenvalue weighted by atomic mass is 16.3. The second-order valence-corrected chi connectivity index (χ2v) is 3.88. The Kier molecular flexibility index (Phi) is 5.46. The number of rotatable bonds is 5. The predicted octanol–water partition coefficient (Wildman–Crippen LogP) is 0.140. The summed E-state index contributed by atoms with van der Waals surface area (Å²) < 4.78 is 0.